The standard InChI is InChI=1S/C12H7NO2/c13-6-9-5-8-3-1-2-4-10(8)11(7-14)12(9)15/h1-5,7,15H. The summed E-state index contributed by atoms with van der Waals surface area (Å²) >= 11 is 0. The Labute approximate surface area is 86.2 Å². The van der Waals surface area contributed by atoms with Gasteiger partial charge >= 0.3 is 0 Å². The van der Waals surface area contributed by atoms with Crippen LogP contribution in [0.25, 0.3) is 10.8 Å². The number of benzene rings is 2. The molecule has 0 aromatic heterocycles. The molecule has 0 aliphatic carbocycles. The number of aromatic hydroxyl groups is 1. The summed E-state index contributed by atoms with van der Waals surface area (Å²) in [6.07, 6.45) is 0.568. The Morgan fingerprint density at radius 1 is 1.33 bits per heavy atom. The van der Waals surface area contributed by atoms with Crippen LogP contribution < -0.4 is 0 Å². The topological polar surface area (TPSA) is 61.1 Å². The number of hydrogen-bond acceptors (Lipinski definition) is 3. The Morgan fingerprint density at radius 2 is 2.07 bits per heavy atom. The second-order valence-electron chi connectivity index (χ2n) is 3.14. The fourth-order valence-corrected chi connectivity index (χ4v) is 1.57. The molecule has 0 bridgehead atoms. The molecule has 0 radical (unpaired) electrons. The van der Waals surface area contributed by atoms with Crippen LogP contribution in [0.4, 0.5) is 0 Å². The summed E-state index contributed by atoms with van der Waals surface area (Å²) in [7, 11) is 0. The number of aldehydes is 1. The van der Waals surface area contributed by atoms with Gasteiger partial charge in [0.25, 0.3) is 0 Å². The number of fused-ring (bicyclic) bond motifs is 1. The number of rotatable bonds is 1. The normalized spacial score (nSPS) is 9.80. The number of hydrogen-bond donors (Lipinski definition) is 1. The second-order valence-corrected chi connectivity index (χ2v) is 3.14. The van der Waals surface area contributed by atoms with E-state index in [0.29, 0.717) is 11.7 Å². The zero-order valence-electron chi connectivity index (χ0n) is 7.77. The summed E-state index contributed by atoms with van der Waals surface area (Å²) in [5, 5.41) is 19.8. The highest BCUT2D eigenvalue weighted by molar-refractivity contribution is 6.02. The van der Waals surface area contributed by atoms with E-state index >= 15 is 0 Å². The van der Waals surface area contributed by atoms with Gasteiger partial charge in [-0.2, -0.15) is 5.26 Å². The van der Waals surface area contributed by atoms with E-state index in [1.807, 2.05) is 12.1 Å². The molecule has 3 nitrogen and oxygen atoms in total. The third-order valence-corrected chi connectivity index (χ3v) is 2.30. The van der Waals surface area contributed by atoms with Gasteiger partial charge in [0.05, 0.1) is 11.1 Å². The van der Waals surface area contributed by atoms with Crippen LogP contribution >= 0.6 is 0 Å². The van der Waals surface area contributed by atoms with Crippen LogP contribution in [0.1, 0.15) is 15.9 Å². The minimum atomic E-state index is -0.244. The maximum absolute atomic E-state index is 10.8. The van der Waals surface area contributed by atoms with E-state index in [9.17, 15) is 9.90 Å². The van der Waals surface area contributed by atoms with Gasteiger partial charge in [0, 0.05) is 0 Å². The molecule has 0 saturated carbocycles. The first-order valence-electron chi connectivity index (χ1n) is 4.38. The first-order chi connectivity index (χ1) is 7.27. The van der Waals surface area contributed by atoms with Crippen LogP contribution in [-0.4, -0.2) is 11.4 Å². The van der Waals surface area contributed by atoms with Crippen molar-refractivity contribution in [3.8, 4) is 11.8 Å². The summed E-state index contributed by atoms with van der Waals surface area (Å²) in [5.41, 5.74) is 0.292. The molecule has 2 rings (SSSR count). The van der Waals surface area contributed by atoms with E-state index in [0.717, 1.165) is 5.39 Å². The number of nitriles is 1. The molecular weight excluding hydrogens is 190 g/mol. The van der Waals surface area contributed by atoms with Gasteiger partial charge in [0.1, 0.15) is 11.8 Å². The van der Waals surface area contributed by atoms with Gasteiger partial charge in [0.15, 0.2) is 6.29 Å². The van der Waals surface area contributed by atoms with E-state index in [1.165, 1.54) is 0 Å². The molecule has 0 atom stereocenters. The Morgan fingerprint density at radius 3 is 2.73 bits per heavy atom. The smallest absolute Gasteiger partial charge is 0.154 e. The summed E-state index contributed by atoms with van der Waals surface area (Å²) in [6.45, 7) is 0. The molecule has 0 amide bonds. The zero-order valence-corrected chi connectivity index (χ0v) is 7.77. The van der Waals surface area contributed by atoms with Gasteiger partial charge < -0.3 is 5.11 Å². The van der Waals surface area contributed by atoms with Crippen molar-refractivity contribution >= 4 is 17.1 Å². The van der Waals surface area contributed by atoms with Crippen molar-refractivity contribution in [2.45, 2.75) is 0 Å². The monoisotopic (exact) mass is 197 g/mol. The van der Waals surface area contributed by atoms with Crippen LogP contribution in [0.2, 0.25) is 0 Å². The van der Waals surface area contributed by atoms with Crippen molar-refractivity contribution in [2.75, 3.05) is 0 Å². The average Bonchev–Trinajstić information content (AvgIpc) is 2.28. The summed E-state index contributed by atoms with van der Waals surface area (Å²) in [6, 6.07) is 10.5. The molecule has 0 spiro atoms. The lowest BCUT2D eigenvalue weighted by molar-refractivity contribution is 0.112. The van der Waals surface area contributed by atoms with Gasteiger partial charge in [-0.15, -0.1) is 0 Å². The van der Waals surface area contributed by atoms with Crippen molar-refractivity contribution in [1.82, 2.24) is 0 Å². The van der Waals surface area contributed by atoms with E-state index in [4.69, 9.17) is 5.26 Å². The van der Waals surface area contributed by atoms with Crippen molar-refractivity contribution < 1.29 is 9.90 Å². The quantitative estimate of drug-likeness (QED) is 0.713. The van der Waals surface area contributed by atoms with E-state index in [1.54, 1.807) is 24.3 Å². The van der Waals surface area contributed by atoms with E-state index in [-0.39, 0.29) is 16.9 Å². The molecule has 1 N–H and O–H groups in total. The predicted octanol–water partition coefficient (Wildman–Crippen LogP) is 2.23. The van der Waals surface area contributed by atoms with Crippen LogP contribution in [0.15, 0.2) is 30.3 Å². The van der Waals surface area contributed by atoms with Gasteiger partial charge in [-0.05, 0) is 16.8 Å². The molecule has 0 saturated heterocycles. The zero-order chi connectivity index (χ0) is 10.8. The third-order valence-electron chi connectivity index (χ3n) is 2.30. The Bertz CT molecular complexity index is 582. The molecule has 3 heteroatoms. The first kappa shape index (κ1) is 9.22. The fraction of sp³-hybridized carbons (Fsp3) is 0. The van der Waals surface area contributed by atoms with E-state index < -0.39 is 0 Å². The van der Waals surface area contributed by atoms with Crippen LogP contribution in [0.5, 0.6) is 5.75 Å². The van der Waals surface area contributed by atoms with Crippen molar-refractivity contribution in [1.29, 1.82) is 5.26 Å². The summed E-state index contributed by atoms with van der Waals surface area (Å²) in [4.78, 5) is 10.8. The number of carbonyl (C=O) groups excluding carboxylic acids is 1. The van der Waals surface area contributed by atoms with Crippen molar-refractivity contribution in [3.05, 3.63) is 41.5 Å². The molecule has 2 aromatic carbocycles. The third kappa shape index (κ3) is 1.32. The van der Waals surface area contributed by atoms with Gasteiger partial charge in [-0.25, -0.2) is 0 Å². The Hall–Kier alpha value is -2.34. The lowest BCUT2D eigenvalue weighted by Gasteiger charge is -2.04. The number of phenols is 1. The lowest BCUT2D eigenvalue weighted by Crippen LogP contribution is -1.88. The van der Waals surface area contributed by atoms with Crippen LogP contribution in [-0.2, 0) is 0 Å². The number of nitrogens with zero attached hydrogens (tertiary/aromatic N) is 1. The summed E-state index contributed by atoms with van der Waals surface area (Å²) < 4.78 is 0. The largest absolute Gasteiger partial charge is 0.506 e. The molecule has 0 heterocycles. The molecule has 0 fully saturated rings. The average molecular weight is 197 g/mol. The predicted molar refractivity (Wildman–Crippen MR) is 55.7 cm³/mol. The van der Waals surface area contributed by atoms with Crippen molar-refractivity contribution in [2.24, 2.45) is 0 Å². The van der Waals surface area contributed by atoms with E-state index in [2.05, 4.69) is 0 Å². The highest BCUT2D eigenvalue weighted by atomic mass is 16.3. The lowest BCUT2D eigenvalue weighted by atomic mass is 10.0. The van der Waals surface area contributed by atoms with Gasteiger partial charge in [-0.3, -0.25) is 4.79 Å². The fourth-order valence-electron chi connectivity index (χ4n) is 1.57. The Kier molecular flexibility index (Phi) is 2.11. The molecule has 0 aliphatic rings. The minimum Gasteiger partial charge on any atom is -0.506 e. The maximum Gasteiger partial charge on any atom is 0.154 e. The second kappa shape index (κ2) is 3.43. The Balaban J connectivity index is 2.97. The highest BCUT2D eigenvalue weighted by Gasteiger charge is 2.10. The number of phenolic OH excluding ortho intramolecular Hbond substituents is 1. The molecular formula is C12H7NO2. The molecule has 72 valence electrons. The molecule has 15 heavy (non-hydrogen) atoms. The number of carbonyl (C=O) groups is 1. The first-order valence-corrected chi connectivity index (χ1v) is 4.38. The van der Waals surface area contributed by atoms with Gasteiger partial charge in [-0.1, -0.05) is 24.3 Å². The molecule has 0 aliphatic heterocycles. The molecule has 0 unspecified atom stereocenters. The van der Waals surface area contributed by atoms with Crippen LogP contribution in [0.3, 0.4) is 0 Å². The maximum atomic E-state index is 10.8. The van der Waals surface area contributed by atoms with Gasteiger partial charge in [0.2, 0.25) is 0 Å². The minimum absolute atomic E-state index is 0.121. The van der Waals surface area contributed by atoms with Crippen LogP contribution in [0, 0.1) is 11.3 Å². The summed E-state index contributed by atoms with van der Waals surface area (Å²) in [5.74, 6) is -0.244. The SMILES string of the molecule is N#Cc1cc2ccccc2c(C=O)c1O. The highest BCUT2D eigenvalue weighted by Crippen LogP contribution is 2.29. The molecule has 2 aromatic rings. The van der Waals surface area contributed by atoms with Crippen molar-refractivity contribution in [3.63, 3.8) is 0 Å².